The fourth-order valence-electron chi connectivity index (χ4n) is 6.26. The molecule has 10 heteroatoms. The first kappa shape index (κ1) is 31.7. The van der Waals surface area contributed by atoms with Crippen LogP contribution in [-0.2, 0) is 20.8 Å². The van der Waals surface area contributed by atoms with Crippen LogP contribution in [0.1, 0.15) is 67.2 Å². The Kier molecular flexibility index (Phi) is 9.76. The summed E-state index contributed by atoms with van der Waals surface area (Å²) in [6, 6.07) is 8.05. The molecule has 0 aromatic heterocycles. The molecule has 232 valence electrons. The summed E-state index contributed by atoms with van der Waals surface area (Å²) < 4.78 is 44.8. The van der Waals surface area contributed by atoms with Crippen molar-refractivity contribution >= 4 is 35.6 Å². The molecule has 2 fully saturated rings. The van der Waals surface area contributed by atoms with Gasteiger partial charge in [-0.1, -0.05) is 37.3 Å². The van der Waals surface area contributed by atoms with Crippen molar-refractivity contribution in [3.8, 4) is 0 Å². The van der Waals surface area contributed by atoms with E-state index in [4.69, 9.17) is 4.99 Å². The van der Waals surface area contributed by atoms with Gasteiger partial charge in [-0.25, -0.2) is 8.78 Å². The number of amides is 1. The van der Waals surface area contributed by atoms with E-state index in [-0.39, 0.29) is 35.9 Å². The molecule has 5 rings (SSSR count). The zero-order valence-electron chi connectivity index (χ0n) is 25.4. The van der Waals surface area contributed by atoms with Crippen molar-refractivity contribution in [2.75, 3.05) is 13.1 Å². The summed E-state index contributed by atoms with van der Waals surface area (Å²) in [6.45, 7) is 6.85. The smallest absolute Gasteiger partial charge is 0.369 e. The van der Waals surface area contributed by atoms with Crippen LogP contribution in [-0.4, -0.2) is 60.2 Å². The number of halogens is 3. The summed E-state index contributed by atoms with van der Waals surface area (Å²) in [5, 5.41) is 2.77. The molecular weight excluding hydrogens is 566 g/mol. The van der Waals surface area contributed by atoms with Crippen LogP contribution in [0.25, 0.3) is 0 Å². The predicted molar refractivity (Wildman–Crippen MR) is 166 cm³/mol. The standard InChI is InChI=1S/C34H39BF3N3O3/c1-20-8-4-5-10-26(20)33(39-24-11-12-24)22(3)41-15-7-6-9-23(19-41)34(44)40-29-17-25(42)18-35(38)31-27(13-14-30(29)43)32(37)21(2)16-28(31)36/h4-5,8,10,16,23-24,29H,3,6-7,9,11-15,17-19H2,1-2H3,(H,40,44). The number of Topliss-reactive ketones (excluding diaryl/α,β-unsaturated/α-hetero) is 2. The molecule has 1 N–H and O–H groups in total. The molecule has 0 radical (unpaired) electrons. The monoisotopic (exact) mass is 605 g/mol. The topological polar surface area (TPSA) is 78.8 Å². The first-order chi connectivity index (χ1) is 21.0. The van der Waals surface area contributed by atoms with E-state index in [2.05, 4.69) is 16.8 Å². The molecule has 2 aliphatic heterocycles. The van der Waals surface area contributed by atoms with Gasteiger partial charge >= 0.3 is 6.99 Å². The van der Waals surface area contributed by atoms with Crippen molar-refractivity contribution < 1.29 is 27.5 Å². The van der Waals surface area contributed by atoms with Crippen LogP contribution in [0.3, 0.4) is 0 Å². The Morgan fingerprint density at radius 2 is 1.82 bits per heavy atom. The normalized spacial score (nSPS) is 21.9. The van der Waals surface area contributed by atoms with Gasteiger partial charge < -0.3 is 19.3 Å². The molecular formula is C34H39BF3N3O3. The van der Waals surface area contributed by atoms with Gasteiger partial charge in [0.2, 0.25) is 5.91 Å². The van der Waals surface area contributed by atoms with Crippen LogP contribution in [0.4, 0.5) is 13.1 Å². The lowest BCUT2D eigenvalue weighted by Crippen LogP contribution is -2.48. The highest BCUT2D eigenvalue weighted by Gasteiger charge is 2.36. The van der Waals surface area contributed by atoms with E-state index >= 15 is 4.32 Å². The number of likely N-dealkylation sites (tertiary alicyclic amines) is 1. The van der Waals surface area contributed by atoms with E-state index in [1.165, 1.54) is 6.92 Å². The van der Waals surface area contributed by atoms with Crippen molar-refractivity contribution in [2.24, 2.45) is 10.9 Å². The van der Waals surface area contributed by atoms with Gasteiger partial charge in [0.15, 0.2) is 5.78 Å². The maximum Gasteiger partial charge on any atom is 0.391 e. The van der Waals surface area contributed by atoms with Gasteiger partial charge in [0.05, 0.1) is 29.4 Å². The molecule has 1 amide bonds. The molecule has 1 saturated heterocycles. The molecule has 2 heterocycles. The van der Waals surface area contributed by atoms with E-state index in [1.54, 1.807) is 0 Å². The second kappa shape index (κ2) is 13.5. The maximum atomic E-state index is 15.2. The van der Waals surface area contributed by atoms with E-state index in [1.807, 2.05) is 31.2 Å². The molecule has 2 unspecified atom stereocenters. The van der Waals surface area contributed by atoms with Gasteiger partial charge in [0, 0.05) is 37.8 Å². The number of allylic oxidation sites excluding steroid dienone is 1. The van der Waals surface area contributed by atoms with Crippen LogP contribution < -0.4 is 10.8 Å². The van der Waals surface area contributed by atoms with Gasteiger partial charge in [-0.3, -0.25) is 14.6 Å². The highest BCUT2D eigenvalue weighted by Crippen LogP contribution is 2.29. The summed E-state index contributed by atoms with van der Waals surface area (Å²) >= 11 is 0. The number of nitrogens with one attached hydrogen (secondary N) is 1. The van der Waals surface area contributed by atoms with E-state index in [0.717, 1.165) is 54.3 Å². The number of nitrogens with zero attached hydrogens (tertiary/aromatic N) is 2. The Bertz CT molecular complexity index is 1510. The summed E-state index contributed by atoms with van der Waals surface area (Å²) in [5.74, 6) is -3.65. The molecule has 3 aliphatic rings. The van der Waals surface area contributed by atoms with Crippen molar-refractivity contribution in [1.82, 2.24) is 10.2 Å². The number of rotatable bonds is 6. The number of fused-ring (bicyclic) bond motifs is 1. The molecule has 0 bridgehead atoms. The highest BCUT2D eigenvalue weighted by atomic mass is 19.1. The SMILES string of the molecule is C=C(C(=NC1CC1)c1ccccc1C)N1CCCCC(C(=O)NC2CC(=O)CB(F)c3c(F)cc(C)c(F)c3CCC2=O)C1. The van der Waals surface area contributed by atoms with Crippen molar-refractivity contribution in [2.45, 2.75) is 83.6 Å². The first-order valence-electron chi connectivity index (χ1n) is 15.6. The van der Waals surface area contributed by atoms with Crippen LogP contribution in [0, 0.1) is 31.4 Å². The summed E-state index contributed by atoms with van der Waals surface area (Å²) in [5.41, 5.74) is 2.98. The fourth-order valence-corrected chi connectivity index (χ4v) is 6.26. The van der Waals surface area contributed by atoms with Crippen molar-refractivity contribution in [3.63, 3.8) is 0 Å². The minimum atomic E-state index is -2.04. The summed E-state index contributed by atoms with van der Waals surface area (Å²) in [7, 11) is 0. The fraction of sp³-hybridized carbons (Fsp3) is 0.471. The van der Waals surface area contributed by atoms with Gasteiger partial charge in [-0.2, -0.15) is 0 Å². The third-order valence-corrected chi connectivity index (χ3v) is 8.97. The van der Waals surface area contributed by atoms with Crippen molar-refractivity contribution in [3.05, 3.63) is 76.5 Å². The van der Waals surface area contributed by atoms with Gasteiger partial charge in [0.1, 0.15) is 17.4 Å². The molecule has 2 aromatic rings. The average molecular weight is 606 g/mol. The maximum absolute atomic E-state index is 15.2. The zero-order valence-corrected chi connectivity index (χ0v) is 25.4. The lowest BCUT2D eigenvalue weighted by molar-refractivity contribution is -0.132. The Morgan fingerprint density at radius 3 is 2.55 bits per heavy atom. The van der Waals surface area contributed by atoms with Gasteiger partial charge in [-0.15, -0.1) is 0 Å². The van der Waals surface area contributed by atoms with Crippen LogP contribution in [0.15, 0.2) is 47.6 Å². The molecule has 1 saturated carbocycles. The second-order valence-corrected chi connectivity index (χ2v) is 12.4. The van der Waals surface area contributed by atoms with Crippen molar-refractivity contribution in [1.29, 1.82) is 0 Å². The molecule has 1 aliphatic carbocycles. The average Bonchev–Trinajstić information content (AvgIpc) is 3.83. The number of aryl methyl sites for hydroxylation is 2. The largest absolute Gasteiger partial charge is 0.391 e. The Balaban J connectivity index is 1.32. The van der Waals surface area contributed by atoms with Crippen LogP contribution >= 0.6 is 0 Å². The van der Waals surface area contributed by atoms with E-state index < -0.39 is 60.4 Å². The lowest BCUT2D eigenvalue weighted by atomic mass is 9.57. The Labute approximate surface area is 257 Å². The first-order valence-corrected chi connectivity index (χ1v) is 15.6. The number of carbonyl (C=O) groups is 3. The number of hydrogen-bond acceptors (Lipinski definition) is 5. The van der Waals surface area contributed by atoms with E-state index in [9.17, 15) is 23.2 Å². The summed E-state index contributed by atoms with van der Waals surface area (Å²) in [4.78, 5) is 46.8. The predicted octanol–water partition coefficient (Wildman–Crippen LogP) is 4.98. The number of aliphatic imine (C=N–C) groups is 1. The number of hydrogen-bond donors (Lipinski definition) is 1. The third kappa shape index (κ3) is 7.16. The summed E-state index contributed by atoms with van der Waals surface area (Å²) in [6.07, 6.45) is 2.73. The Morgan fingerprint density at radius 1 is 1.07 bits per heavy atom. The molecule has 0 spiro atoms. The lowest BCUT2D eigenvalue weighted by Gasteiger charge is -2.30. The molecule has 6 nitrogen and oxygen atoms in total. The molecule has 44 heavy (non-hydrogen) atoms. The van der Waals surface area contributed by atoms with Crippen LogP contribution in [0.5, 0.6) is 0 Å². The third-order valence-electron chi connectivity index (χ3n) is 8.97. The Hall–Kier alpha value is -3.69. The number of ketones is 2. The quantitative estimate of drug-likeness (QED) is 0.373. The minimum absolute atomic E-state index is 0.00130. The van der Waals surface area contributed by atoms with E-state index in [0.29, 0.717) is 19.5 Å². The highest BCUT2D eigenvalue weighted by molar-refractivity contribution is 6.70. The molecule has 2 aromatic carbocycles. The molecule has 2 atom stereocenters. The second-order valence-electron chi connectivity index (χ2n) is 12.4. The van der Waals surface area contributed by atoms with Crippen LogP contribution in [0.2, 0.25) is 6.32 Å². The number of benzene rings is 2. The minimum Gasteiger partial charge on any atom is -0.369 e. The van der Waals surface area contributed by atoms with Gasteiger partial charge in [-0.05, 0) is 74.2 Å². The number of carbonyl (C=O) groups excluding carboxylic acids is 3. The zero-order chi connectivity index (χ0) is 31.5. The van der Waals surface area contributed by atoms with Gasteiger partial charge in [0.25, 0.3) is 0 Å².